The zero-order valence-corrected chi connectivity index (χ0v) is 14.1. The molecule has 0 unspecified atom stereocenters. The number of halogens is 3. The van der Waals surface area contributed by atoms with Crippen molar-refractivity contribution in [3.8, 4) is 0 Å². The number of nitrogens with zero attached hydrogens (tertiary/aromatic N) is 4. The summed E-state index contributed by atoms with van der Waals surface area (Å²) in [6, 6.07) is 0. The zero-order valence-electron chi connectivity index (χ0n) is 14.1. The third-order valence-electron chi connectivity index (χ3n) is 5.26. The molecule has 0 bridgehead atoms. The van der Waals surface area contributed by atoms with Gasteiger partial charge in [-0.2, -0.15) is 18.2 Å². The van der Waals surface area contributed by atoms with Gasteiger partial charge >= 0.3 is 11.9 Å². The SMILES string of the molecule is Nc1ncc2c(n1)n([C@@H]1O[C@H](CO)C[C@H]1O)c(=O)n2CC1(C(F)(F)F)CC1. The molecule has 1 saturated carbocycles. The second kappa shape index (κ2) is 5.91. The second-order valence-electron chi connectivity index (χ2n) is 7.09. The summed E-state index contributed by atoms with van der Waals surface area (Å²) in [6.07, 6.45) is -6.33. The number of rotatable bonds is 4. The van der Waals surface area contributed by atoms with Gasteiger partial charge in [-0.05, 0) is 12.8 Å². The molecule has 2 aliphatic rings. The molecule has 0 radical (unpaired) electrons. The van der Waals surface area contributed by atoms with Gasteiger partial charge in [0, 0.05) is 13.0 Å². The van der Waals surface area contributed by atoms with Crippen molar-refractivity contribution in [3.05, 3.63) is 16.7 Å². The van der Waals surface area contributed by atoms with Gasteiger partial charge in [0.25, 0.3) is 0 Å². The Hall–Kier alpha value is -2.18. The first-order valence-corrected chi connectivity index (χ1v) is 8.41. The van der Waals surface area contributed by atoms with E-state index in [1.165, 1.54) is 6.20 Å². The summed E-state index contributed by atoms with van der Waals surface area (Å²) >= 11 is 0. The van der Waals surface area contributed by atoms with Crippen LogP contribution in [0.25, 0.3) is 11.2 Å². The minimum atomic E-state index is -4.44. The van der Waals surface area contributed by atoms with E-state index in [9.17, 15) is 28.2 Å². The Labute approximate surface area is 150 Å². The maximum Gasteiger partial charge on any atom is 0.396 e. The van der Waals surface area contributed by atoms with Crippen molar-refractivity contribution in [1.29, 1.82) is 0 Å². The van der Waals surface area contributed by atoms with E-state index in [4.69, 9.17) is 10.5 Å². The van der Waals surface area contributed by atoms with Crippen LogP contribution in [-0.4, -0.2) is 54.3 Å². The van der Waals surface area contributed by atoms with E-state index in [2.05, 4.69) is 9.97 Å². The molecule has 4 N–H and O–H groups in total. The number of hydrogen-bond acceptors (Lipinski definition) is 7. The van der Waals surface area contributed by atoms with Gasteiger partial charge in [-0.3, -0.25) is 4.57 Å². The normalized spacial score (nSPS) is 27.4. The summed E-state index contributed by atoms with van der Waals surface area (Å²) in [4.78, 5) is 20.7. The third kappa shape index (κ3) is 2.78. The standard InChI is InChI=1S/C15H18F3N5O4/c16-15(17,18)14(1-2-14)6-22-8-4-20-12(19)21-10(8)23(13(22)26)11-9(25)3-7(5-24)27-11/h4,7,9,11,24-25H,1-3,5-6H2,(H2,19,20,21)/t7-,9+,11+/m0/s1. The number of nitrogens with two attached hydrogens (primary N) is 1. The van der Waals surface area contributed by atoms with Gasteiger partial charge in [0.05, 0.1) is 24.3 Å². The lowest BCUT2D eigenvalue weighted by Gasteiger charge is -2.19. The van der Waals surface area contributed by atoms with E-state index in [0.29, 0.717) is 0 Å². The van der Waals surface area contributed by atoms with Crippen molar-refractivity contribution in [3.63, 3.8) is 0 Å². The summed E-state index contributed by atoms with van der Waals surface area (Å²) in [6.45, 7) is -0.937. The largest absolute Gasteiger partial charge is 0.396 e. The number of alkyl halides is 3. The number of fused-ring (bicyclic) bond motifs is 1. The van der Waals surface area contributed by atoms with E-state index < -0.39 is 42.3 Å². The molecule has 3 heterocycles. The maximum atomic E-state index is 13.4. The Morgan fingerprint density at radius 3 is 2.67 bits per heavy atom. The molecular weight excluding hydrogens is 371 g/mol. The minimum absolute atomic E-state index is 0.0203. The molecule has 2 fully saturated rings. The van der Waals surface area contributed by atoms with Crippen molar-refractivity contribution in [2.75, 3.05) is 12.3 Å². The minimum Gasteiger partial charge on any atom is -0.394 e. The number of hydrogen-bond donors (Lipinski definition) is 3. The van der Waals surface area contributed by atoms with Gasteiger partial charge in [-0.1, -0.05) is 0 Å². The lowest BCUT2D eigenvalue weighted by atomic mass is 10.1. The van der Waals surface area contributed by atoms with Crippen LogP contribution in [0.4, 0.5) is 19.1 Å². The van der Waals surface area contributed by atoms with Crippen molar-refractivity contribution in [2.45, 2.75) is 50.4 Å². The molecule has 2 aromatic rings. The Morgan fingerprint density at radius 2 is 2.11 bits per heavy atom. The van der Waals surface area contributed by atoms with Crippen molar-refractivity contribution < 1.29 is 28.1 Å². The fraction of sp³-hybridized carbons (Fsp3) is 0.667. The average Bonchev–Trinajstić information content (AvgIpc) is 3.24. The van der Waals surface area contributed by atoms with Crippen LogP contribution in [0.2, 0.25) is 0 Å². The highest BCUT2D eigenvalue weighted by molar-refractivity contribution is 5.72. The van der Waals surface area contributed by atoms with Crippen LogP contribution in [0.15, 0.2) is 11.0 Å². The fourth-order valence-electron chi connectivity index (χ4n) is 3.52. The van der Waals surface area contributed by atoms with Crippen LogP contribution in [0.5, 0.6) is 0 Å². The van der Waals surface area contributed by atoms with Crippen molar-refractivity contribution in [1.82, 2.24) is 19.1 Å². The number of ether oxygens (including phenoxy) is 1. The molecule has 1 saturated heterocycles. The Kier molecular flexibility index (Phi) is 3.98. The first-order chi connectivity index (χ1) is 12.7. The number of aliphatic hydroxyl groups is 2. The molecule has 1 aliphatic carbocycles. The molecule has 0 aromatic carbocycles. The van der Waals surface area contributed by atoms with E-state index in [0.717, 1.165) is 9.13 Å². The van der Waals surface area contributed by atoms with Crippen LogP contribution in [0.3, 0.4) is 0 Å². The van der Waals surface area contributed by atoms with Crippen molar-refractivity contribution >= 4 is 17.1 Å². The second-order valence-corrected chi connectivity index (χ2v) is 7.09. The fourth-order valence-corrected chi connectivity index (χ4v) is 3.52. The molecular formula is C15H18F3N5O4. The van der Waals surface area contributed by atoms with Crippen LogP contribution >= 0.6 is 0 Å². The first kappa shape index (κ1) is 18.2. The lowest BCUT2D eigenvalue weighted by molar-refractivity contribution is -0.190. The first-order valence-electron chi connectivity index (χ1n) is 8.41. The van der Waals surface area contributed by atoms with Crippen LogP contribution in [0.1, 0.15) is 25.5 Å². The number of aromatic nitrogens is 4. The molecule has 3 atom stereocenters. The Morgan fingerprint density at radius 1 is 1.41 bits per heavy atom. The molecule has 9 nitrogen and oxygen atoms in total. The molecule has 1 aliphatic heterocycles. The van der Waals surface area contributed by atoms with E-state index >= 15 is 0 Å². The van der Waals surface area contributed by atoms with Crippen LogP contribution < -0.4 is 11.4 Å². The summed E-state index contributed by atoms with van der Waals surface area (Å²) in [5.74, 6) is -0.170. The van der Waals surface area contributed by atoms with Crippen molar-refractivity contribution in [2.24, 2.45) is 5.41 Å². The Bertz CT molecular complexity index is 936. The number of anilines is 1. The molecule has 27 heavy (non-hydrogen) atoms. The molecule has 4 rings (SSSR count). The van der Waals surface area contributed by atoms with Gasteiger partial charge in [0.2, 0.25) is 5.95 Å². The predicted molar refractivity (Wildman–Crippen MR) is 85.5 cm³/mol. The number of nitrogen functional groups attached to an aromatic ring is 1. The monoisotopic (exact) mass is 389 g/mol. The summed E-state index contributed by atoms with van der Waals surface area (Å²) in [5.41, 5.74) is 2.87. The van der Waals surface area contributed by atoms with E-state index in [-0.39, 0.29) is 43.0 Å². The summed E-state index contributed by atoms with van der Waals surface area (Å²) in [5, 5.41) is 19.5. The van der Waals surface area contributed by atoms with Gasteiger partial charge < -0.3 is 20.7 Å². The highest BCUT2D eigenvalue weighted by Gasteiger charge is 2.63. The van der Waals surface area contributed by atoms with Crippen LogP contribution in [-0.2, 0) is 11.3 Å². The quantitative estimate of drug-likeness (QED) is 0.679. The Balaban J connectivity index is 1.85. The van der Waals surface area contributed by atoms with Crippen LogP contribution in [0, 0.1) is 5.41 Å². The van der Waals surface area contributed by atoms with Gasteiger partial charge in [0.15, 0.2) is 11.9 Å². The molecule has 148 valence electrons. The highest BCUT2D eigenvalue weighted by atomic mass is 19.4. The third-order valence-corrected chi connectivity index (χ3v) is 5.26. The smallest absolute Gasteiger partial charge is 0.394 e. The highest BCUT2D eigenvalue weighted by Crippen LogP contribution is 2.58. The molecule has 0 amide bonds. The van der Waals surface area contributed by atoms with Gasteiger partial charge in [-0.15, -0.1) is 0 Å². The molecule has 12 heteroatoms. The number of aliphatic hydroxyl groups excluding tert-OH is 2. The number of imidazole rings is 1. The molecule has 0 spiro atoms. The van der Waals surface area contributed by atoms with Gasteiger partial charge in [-0.25, -0.2) is 14.3 Å². The average molecular weight is 389 g/mol. The van der Waals surface area contributed by atoms with Gasteiger partial charge in [0.1, 0.15) is 11.6 Å². The zero-order chi connectivity index (χ0) is 19.6. The predicted octanol–water partition coefficient (Wildman–Crippen LogP) is 0.158. The summed E-state index contributed by atoms with van der Waals surface area (Å²) in [7, 11) is 0. The maximum absolute atomic E-state index is 13.4. The van der Waals surface area contributed by atoms with E-state index in [1.54, 1.807) is 0 Å². The topological polar surface area (TPSA) is 128 Å². The van der Waals surface area contributed by atoms with E-state index in [1.807, 2.05) is 0 Å². The molecule has 2 aromatic heterocycles. The summed E-state index contributed by atoms with van der Waals surface area (Å²) < 4.78 is 47.6. The lowest BCUT2D eigenvalue weighted by Crippen LogP contribution is -2.36.